The minimum Gasteiger partial charge on any atom is -0.363 e. The van der Waals surface area contributed by atoms with Crippen LogP contribution in [0.15, 0.2) is 29.2 Å². The molecule has 0 radical (unpaired) electrons. The molecule has 5 nitrogen and oxygen atoms in total. The smallest absolute Gasteiger partial charge is 0.240 e. The topological polar surface area (TPSA) is 70.2 Å². The first kappa shape index (κ1) is 15.9. The molecule has 0 atom stereocenters. The summed E-state index contributed by atoms with van der Waals surface area (Å²) in [5.41, 5.74) is 0.745. The fourth-order valence-electron chi connectivity index (χ4n) is 1.43. The van der Waals surface area contributed by atoms with Crippen LogP contribution in [0, 0.1) is 0 Å². The van der Waals surface area contributed by atoms with E-state index in [1.807, 2.05) is 6.92 Å². The zero-order valence-corrected chi connectivity index (χ0v) is 12.9. The van der Waals surface area contributed by atoms with Crippen LogP contribution in [0.2, 0.25) is 0 Å². The quantitative estimate of drug-likeness (QED) is 0.722. The summed E-state index contributed by atoms with van der Waals surface area (Å²) in [4.78, 5) is 0.237. The standard InChI is InChI=1S/C12H19N3O2S2/c1-4-13-12(18)14-10-5-7-11(8-6-10)19(16,17)15-9(2)3/h5-9,15H,4H2,1-3H3,(H2,13,14,18). The van der Waals surface area contributed by atoms with Gasteiger partial charge in [0.25, 0.3) is 0 Å². The number of thiocarbonyl (C=S) groups is 1. The normalized spacial score (nSPS) is 11.4. The molecule has 0 saturated carbocycles. The predicted octanol–water partition coefficient (Wildman–Crippen LogP) is 1.68. The van der Waals surface area contributed by atoms with Crippen molar-refractivity contribution in [2.45, 2.75) is 31.7 Å². The van der Waals surface area contributed by atoms with Crippen molar-refractivity contribution in [3.05, 3.63) is 24.3 Å². The van der Waals surface area contributed by atoms with Gasteiger partial charge >= 0.3 is 0 Å². The molecule has 0 aliphatic heterocycles. The highest BCUT2D eigenvalue weighted by molar-refractivity contribution is 7.89. The van der Waals surface area contributed by atoms with Gasteiger partial charge in [0.2, 0.25) is 10.0 Å². The summed E-state index contributed by atoms with van der Waals surface area (Å²) in [6.07, 6.45) is 0. The molecule has 0 fully saturated rings. The largest absolute Gasteiger partial charge is 0.363 e. The minimum absolute atomic E-state index is 0.135. The molecule has 3 N–H and O–H groups in total. The summed E-state index contributed by atoms with van der Waals surface area (Å²) in [5, 5.41) is 6.43. The zero-order valence-electron chi connectivity index (χ0n) is 11.2. The van der Waals surface area contributed by atoms with Gasteiger partial charge in [-0.25, -0.2) is 13.1 Å². The van der Waals surface area contributed by atoms with Crippen LogP contribution in [0.1, 0.15) is 20.8 Å². The van der Waals surface area contributed by atoms with Crippen LogP contribution in [-0.2, 0) is 10.0 Å². The number of hydrogen-bond acceptors (Lipinski definition) is 3. The van der Waals surface area contributed by atoms with Crippen molar-refractivity contribution in [3.63, 3.8) is 0 Å². The van der Waals surface area contributed by atoms with Crippen molar-refractivity contribution < 1.29 is 8.42 Å². The van der Waals surface area contributed by atoms with E-state index < -0.39 is 10.0 Å². The molecular formula is C12H19N3O2S2. The monoisotopic (exact) mass is 301 g/mol. The number of benzene rings is 1. The van der Waals surface area contributed by atoms with Gasteiger partial charge in [-0.1, -0.05) is 0 Å². The summed E-state index contributed by atoms with van der Waals surface area (Å²) in [6.45, 7) is 6.24. The van der Waals surface area contributed by atoms with E-state index in [0.717, 1.165) is 12.2 Å². The van der Waals surface area contributed by atoms with Crippen molar-refractivity contribution in [1.82, 2.24) is 10.0 Å². The Morgan fingerprint density at radius 1 is 1.26 bits per heavy atom. The molecular weight excluding hydrogens is 282 g/mol. The maximum atomic E-state index is 11.9. The molecule has 1 aromatic rings. The third kappa shape index (κ3) is 5.14. The van der Waals surface area contributed by atoms with Gasteiger partial charge in [-0.3, -0.25) is 0 Å². The molecule has 106 valence electrons. The minimum atomic E-state index is -3.44. The Morgan fingerprint density at radius 3 is 2.32 bits per heavy atom. The van der Waals surface area contributed by atoms with Gasteiger partial charge in [0.15, 0.2) is 5.11 Å². The number of rotatable bonds is 5. The van der Waals surface area contributed by atoms with Gasteiger partial charge in [0.05, 0.1) is 4.90 Å². The van der Waals surface area contributed by atoms with Crippen LogP contribution in [0.4, 0.5) is 5.69 Å². The number of hydrogen-bond donors (Lipinski definition) is 3. The summed E-state index contributed by atoms with van der Waals surface area (Å²) >= 11 is 5.05. The SMILES string of the molecule is CCNC(=S)Nc1ccc(S(=O)(=O)NC(C)C)cc1. The lowest BCUT2D eigenvalue weighted by Crippen LogP contribution is -2.30. The lowest BCUT2D eigenvalue weighted by Gasteiger charge is -2.11. The van der Waals surface area contributed by atoms with Crippen LogP contribution < -0.4 is 15.4 Å². The van der Waals surface area contributed by atoms with Gasteiger partial charge < -0.3 is 10.6 Å². The maximum Gasteiger partial charge on any atom is 0.240 e. The van der Waals surface area contributed by atoms with Gasteiger partial charge in [0, 0.05) is 18.3 Å². The van der Waals surface area contributed by atoms with Crippen molar-refractivity contribution in [2.75, 3.05) is 11.9 Å². The molecule has 1 aromatic carbocycles. The van der Waals surface area contributed by atoms with Crippen molar-refractivity contribution >= 4 is 33.0 Å². The van der Waals surface area contributed by atoms with E-state index in [-0.39, 0.29) is 10.9 Å². The first-order valence-corrected chi connectivity index (χ1v) is 7.91. The highest BCUT2D eigenvalue weighted by atomic mass is 32.2. The highest BCUT2D eigenvalue weighted by Crippen LogP contribution is 2.14. The third-order valence-corrected chi connectivity index (χ3v) is 4.07. The second-order valence-corrected chi connectivity index (χ2v) is 6.41. The Balaban J connectivity index is 2.79. The Bertz CT molecular complexity index is 524. The lowest BCUT2D eigenvalue weighted by atomic mass is 10.3. The summed E-state index contributed by atoms with van der Waals surface area (Å²) in [5.74, 6) is 0. The number of sulfonamides is 1. The van der Waals surface area contributed by atoms with Crippen LogP contribution >= 0.6 is 12.2 Å². The van der Waals surface area contributed by atoms with Crippen molar-refractivity contribution in [1.29, 1.82) is 0 Å². The van der Waals surface area contributed by atoms with Crippen molar-refractivity contribution in [3.8, 4) is 0 Å². The Hall–Kier alpha value is -1.18. The van der Waals surface area contributed by atoms with Gasteiger partial charge in [-0.2, -0.15) is 0 Å². The fraction of sp³-hybridized carbons (Fsp3) is 0.417. The molecule has 7 heteroatoms. The lowest BCUT2D eigenvalue weighted by molar-refractivity contribution is 0.570. The zero-order chi connectivity index (χ0) is 14.5. The van der Waals surface area contributed by atoms with Gasteiger partial charge in [0.1, 0.15) is 0 Å². The van der Waals surface area contributed by atoms with E-state index in [0.29, 0.717) is 5.11 Å². The first-order valence-electron chi connectivity index (χ1n) is 6.02. The molecule has 0 aromatic heterocycles. The van der Waals surface area contributed by atoms with Crippen LogP contribution in [-0.4, -0.2) is 26.1 Å². The molecule has 0 unspecified atom stereocenters. The van der Waals surface area contributed by atoms with E-state index >= 15 is 0 Å². The second kappa shape index (κ2) is 6.83. The molecule has 1 rings (SSSR count). The van der Waals surface area contributed by atoms with E-state index in [2.05, 4.69) is 15.4 Å². The predicted molar refractivity (Wildman–Crippen MR) is 81.8 cm³/mol. The second-order valence-electron chi connectivity index (χ2n) is 4.28. The molecule has 0 heterocycles. The van der Waals surface area contributed by atoms with Gasteiger partial charge in [-0.15, -0.1) is 0 Å². The summed E-state index contributed by atoms with van der Waals surface area (Å²) in [7, 11) is -3.44. The Morgan fingerprint density at radius 2 is 1.84 bits per heavy atom. The van der Waals surface area contributed by atoms with E-state index in [1.54, 1.807) is 38.1 Å². The Labute approximate surface area is 119 Å². The molecule has 0 spiro atoms. The molecule has 0 amide bonds. The Kier molecular flexibility index (Phi) is 5.71. The molecule has 0 saturated heterocycles. The maximum absolute atomic E-state index is 11.9. The summed E-state index contributed by atoms with van der Waals surface area (Å²) < 4.78 is 26.3. The van der Waals surface area contributed by atoms with Crippen LogP contribution in [0.3, 0.4) is 0 Å². The number of anilines is 1. The van der Waals surface area contributed by atoms with E-state index in [1.165, 1.54) is 0 Å². The third-order valence-electron chi connectivity index (χ3n) is 2.15. The average molecular weight is 301 g/mol. The molecule has 0 aliphatic rings. The fourth-order valence-corrected chi connectivity index (χ4v) is 2.94. The summed E-state index contributed by atoms with van der Waals surface area (Å²) in [6, 6.07) is 6.31. The van der Waals surface area contributed by atoms with Crippen LogP contribution in [0.5, 0.6) is 0 Å². The van der Waals surface area contributed by atoms with E-state index in [9.17, 15) is 8.42 Å². The van der Waals surface area contributed by atoms with E-state index in [4.69, 9.17) is 12.2 Å². The molecule has 19 heavy (non-hydrogen) atoms. The van der Waals surface area contributed by atoms with Crippen LogP contribution in [0.25, 0.3) is 0 Å². The van der Waals surface area contributed by atoms with Gasteiger partial charge in [-0.05, 0) is 57.3 Å². The van der Waals surface area contributed by atoms with Crippen molar-refractivity contribution in [2.24, 2.45) is 0 Å². The molecule has 0 bridgehead atoms. The number of nitrogens with one attached hydrogen (secondary N) is 3. The molecule has 0 aliphatic carbocycles. The average Bonchev–Trinajstić information content (AvgIpc) is 2.28. The first-order chi connectivity index (χ1) is 8.85. The highest BCUT2D eigenvalue weighted by Gasteiger charge is 2.14.